The number of benzene rings is 4. The van der Waals surface area contributed by atoms with Crippen LogP contribution in [0.3, 0.4) is 0 Å². The van der Waals surface area contributed by atoms with Gasteiger partial charge in [-0.05, 0) is 0 Å². The van der Waals surface area contributed by atoms with E-state index in [1.165, 1.54) is 22.3 Å². The first-order valence-corrected chi connectivity index (χ1v) is 17.4. The Morgan fingerprint density at radius 2 is 0.844 bits per heavy atom. The molecule has 1 aliphatic heterocycles. The summed E-state index contributed by atoms with van der Waals surface area (Å²) >= 11 is 0.850. The van der Waals surface area contributed by atoms with Crippen LogP contribution in [0.1, 0.15) is 22.3 Å². The normalized spacial score (nSPS) is 15.8. The fourth-order valence-electron chi connectivity index (χ4n) is 4.31. The standard InChI is InChI=1S/C28H25OPSe2/c29-30(26-14-2-1-3-15-26)27-16-8-6-12-24(27)20-31-18-22-10-4-5-11-23(22)19-32-21-25-13-7-9-17-28(25)30/h1-17H,18-21H2. The van der Waals surface area contributed by atoms with Crippen LogP contribution in [0, 0.1) is 0 Å². The Kier molecular flexibility index (Phi) is 6.84. The summed E-state index contributed by atoms with van der Waals surface area (Å²) in [7, 11) is -2.97. The van der Waals surface area contributed by atoms with Crippen LogP contribution in [-0.2, 0) is 25.8 Å². The van der Waals surface area contributed by atoms with Crippen molar-refractivity contribution in [2.75, 3.05) is 0 Å². The molecule has 0 saturated carbocycles. The third-order valence-corrected chi connectivity index (χ3v) is 13.5. The van der Waals surface area contributed by atoms with Crippen molar-refractivity contribution in [3.63, 3.8) is 0 Å². The van der Waals surface area contributed by atoms with E-state index in [2.05, 4.69) is 84.9 Å². The number of fused-ring (bicyclic) bond motifs is 3. The first kappa shape index (κ1) is 22.0. The maximum atomic E-state index is 15.2. The summed E-state index contributed by atoms with van der Waals surface area (Å²) in [6.45, 7) is 0. The molecule has 0 unspecified atom stereocenters. The quantitative estimate of drug-likeness (QED) is 0.246. The van der Waals surface area contributed by atoms with Crippen LogP contribution < -0.4 is 15.9 Å². The summed E-state index contributed by atoms with van der Waals surface area (Å²) < 4.78 is 15.2. The van der Waals surface area contributed by atoms with E-state index in [0.717, 1.165) is 37.2 Å². The SMILES string of the molecule is O=P1(c2ccccc2)c2ccccc2C[Se]Cc2ccccc2C[Se]Cc2ccccc21. The predicted octanol–water partition coefficient (Wildman–Crippen LogP) is 4.45. The Balaban J connectivity index is 1.71. The van der Waals surface area contributed by atoms with Crippen molar-refractivity contribution in [1.29, 1.82) is 0 Å². The monoisotopic (exact) mass is 568 g/mol. The Hall–Kier alpha value is -1.85. The van der Waals surface area contributed by atoms with Gasteiger partial charge in [0.05, 0.1) is 0 Å². The average molecular weight is 566 g/mol. The molecule has 0 aromatic heterocycles. The van der Waals surface area contributed by atoms with Gasteiger partial charge < -0.3 is 0 Å². The summed E-state index contributed by atoms with van der Waals surface area (Å²) in [5.41, 5.74) is 5.50. The summed E-state index contributed by atoms with van der Waals surface area (Å²) in [4.78, 5) is 0. The van der Waals surface area contributed by atoms with Gasteiger partial charge in [0.25, 0.3) is 0 Å². The second kappa shape index (κ2) is 9.96. The van der Waals surface area contributed by atoms with Gasteiger partial charge in [-0.2, -0.15) is 0 Å². The van der Waals surface area contributed by atoms with Crippen molar-refractivity contribution >= 4 is 53.0 Å². The molecule has 0 bridgehead atoms. The summed E-state index contributed by atoms with van der Waals surface area (Å²) in [6, 6.07) is 36.1. The molecule has 0 spiro atoms. The van der Waals surface area contributed by atoms with Gasteiger partial charge in [0.15, 0.2) is 0 Å². The van der Waals surface area contributed by atoms with E-state index < -0.39 is 7.14 Å². The minimum atomic E-state index is -2.97. The second-order valence-corrected chi connectivity index (χ2v) is 14.8. The summed E-state index contributed by atoms with van der Waals surface area (Å²) in [5.74, 6) is 0. The Labute approximate surface area is 203 Å². The van der Waals surface area contributed by atoms with Crippen LogP contribution >= 0.6 is 7.14 Å². The molecule has 1 heterocycles. The fourth-order valence-corrected chi connectivity index (χ4v) is 12.4. The van der Waals surface area contributed by atoms with Gasteiger partial charge in [0.2, 0.25) is 0 Å². The Morgan fingerprint density at radius 1 is 0.469 bits per heavy atom. The fraction of sp³-hybridized carbons (Fsp3) is 0.143. The third kappa shape index (κ3) is 4.34. The molecule has 32 heavy (non-hydrogen) atoms. The van der Waals surface area contributed by atoms with Crippen LogP contribution in [0.4, 0.5) is 0 Å². The molecule has 1 nitrogen and oxygen atoms in total. The molecule has 0 fully saturated rings. The van der Waals surface area contributed by atoms with Crippen molar-refractivity contribution in [3.05, 3.63) is 125 Å². The third-order valence-electron chi connectivity index (χ3n) is 5.93. The van der Waals surface area contributed by atoms with Gasteiger partial charge >= 0.3 is 204 Å². The molecule has 1 aliphatic rings. The summed E-state index contributed by atoms with van der Waals surface area (Å²) in [5, 5.41) is 7.27. The molecule has 4 heteroatoms. The molecule has 5 rings (SSSR count). The maximum absolute atomic E-state index is 15.2. The zero-order valence-electron chi connectivity index (χ0n) is 17.8. The Bertz CT molecular complexity index is 1190. The van der Waals surface area contributed by atoms with E-state index >= 15 is 4.57 Å². The van der Waals surface area contributed by atoms with E-state index in [9.17, 15) is 0 Å². The van der Waals surface area contributed by atoms with Gasteiger partial charge in [-0.3, -0.25) is 0 Å². The molecule has 0 aliphatic carbocycles. The topological polar surface area (TPSA) is 17.1 Å². The molecule has 0 amide bonds. The number of hydrogen-bond donors (Lipinski definition) is 0. The molecule has 160 valence electrons. The van der Waals surface area contributed by atoms with E-state index in [4.69, 9.17) is 0 Å². The van der Waals surface area contributed by atoms with Crippen LogP contribution in [0.5, 0.6) is 0 Å². The Morgan fingerprint density at radius 3 is 1.34 bits per heavy atom. The zero-order chi connectivity index (χ0) is 21.8. The average Bonchev–Trinajstić information content (AvgIpc) is 2.86. The molecule has 0 atom stereocenters. The van der Waals surface area contributed by atoms with Crippen molar-refractivity contribution in [2.24, 2.45) is 0 Å². The number of rotatable bonds is 1. The van der Waals surface area contributed by atoms with E-state index in [0.29, 0.717) is 29.9 Å². The predicted molar refractivity (Wildman–Crippen MR) is 139 cm³/mol. The molecule has 0 saturated heterocycles. The number of hydrogen-bond acceptors (Lipinski definition) is 1. The van der Waals surface area contributed by atoms with Crippen LogP contribution in [-0.4, -0.2) is 29.9 Å². The van der Waals surface area contributed by atoms with Crippen LogP contribution in [0.25, 0.3) is 0 Å². The van der Waals surface area contributed by atoms with E-state index in [-0.39, 0.29) is 0 Å². The second-order valence-electron chi connectivity index (χ2n) is 7.96. The molecular weight excluding hydrogens is 541 g/mol. The van der Waals surface area contributed by atoms with Gasteiger partial charge in [-0.15, -0.1) is 0 Å². The van der Waals surface area contributed by atoms with Crippen molar-refractivity contribution in [1.82, 2.24) is 0 Å². The van der Waals surface area contributed by atoms with Crippen molar-refractivity contribution < 1.29 is 4.57 Å². The molecule has 4 aromatic carbocycles. The van der Waals surface area contributed by atoms with Gasteiger partial charge in [-0.1, -0.05) is 0 Å². The zero-order valence-corrected chi connectivity index (χ0v) is 22.1. The molecule has 0 radical (unpaired) electrons. The van der Waals surface area contributed by atoms with E-state index in [1.807, 2.05) is 18.2 Å². The van der Waals surface area contributed by atoms with Crippen molar-refractivity contribution in [3.8, 4) is 0 Å². The summed E-state index contributed by atoms with van der Waals surface area (Å²) in [6.07, 6.45) is 0. The first-order chi connectivity index (χ1) is 15.8. The van der Waals surface area contributed by atoms with Crippen LogP contribution in [0.2, 0.25) is 0 Å². The molecule has 4 aromatic rings. The first-order valence-electron chi connectivity index (χ1n) is 10.8. The molecular formula is C28H25OPSe2. The van der Waals surface area contributed by atoms with Gasteiger partial charge in [0.1, 0.15) is 0 Å². The van der Waals surface area contributed by atoms with Gasteiger partial charge in [0, 0.05) is 0 Å². The van der Waals surface area contributed by atoms with E-state index in [1.54, 1.807) is 0 Å². The minimum absolute atomic E-state index is 0.425. The molecule has 0 N–H and O–H groups in total. The van der Waals surface area contributed by atoms with Crippen molar-refractivity contribution in [2.45, 2.75) is 21.3 Å². The van der Waals surface area contributed by atoms with Crippen LogP contribution in [0.15, 0.2) is 103 Å². The van der Waals surface area contributed by atoms with Gasteiger partial charge in [-0.25, -0.2) is 0 Å².